The molecule has 0 atom stereocenters. The molecule has 0 spiro atoms. The van der Waals surface area contributed by atoms with Gasteiger partial charge in [0.05, 0.1) is 7.11 Å². The standard InChI is InChI=1S/C12H11NOS/c1-14-12(15)13-11-8-4-6-9-5-2-3-7-10(9)11/h2-8H,1H3,(H,13,15). The fraction of sp³-hybridized carbons (Fsp3) is 0.0833. The number of thiocarbonyl (C=S) groups is 1. The van der Waals surface area contributed by atoms with Crippen molar-refractivity contribution in [1.82, 2.24) is 0 Å². The van der Waals surface area contributed by atoms with Crippen LogP contribution in [0.25, 0.3) is 10.8 Å². The van der Waals surface area contributed by atoms with Gasteiger partial charge < -0.3 is 10.1 Å². The minimum Gasteiger partial charge on any atom is -0.474 e. The van der Waals surface area contributed by atoms with Gasteiger partial charge in [-0.25, -0.2) is 0 Å². The van der Waals surface area contributed by atoms with E-state index < -0.39 is 0 Å². The summed E-state index contributed by atoms with van der Waals surface area (Å²) in [5.41, 5.74) is 0.972. The fourth-order valence-corrected chi connectivity index (χ4v) is 1.61. The SMILES string of the molecule is COC(=S)Nc1cccc2ccccc12. The maximum atomic E-state index is 4.97. The number of benzene rings is 2. The zero-order valence-electron chi connectivity index (χ0n) is 8.36. The molecule has 2 nitrogen and oxygen atoms in total. The van der Waals surface area contributed by atoms with Gasteiger partial charge in [0.15, 0.2) is 0 Å². The van der Waals surface area contributed by atoms with Crippen LogP contribution in [0.4, 0.5) is 5.69 Å². The van der Waals surface area contributed by atoms with Crippen LogP contribution in [-0.4, -0.2) is 12.3 Å². The minimum atomic E-state index is 0.381. The molecule has 0 bridgehead atoms. The third kappa shape index (κ3) is 2.07. The van der Waals surface area contributed by atoms with Crippen LogP contribution in [0, 0.1) is 0 Å². The van der Waals surface area contributed by atoms with E-state index in [-0.39, 0.29) is 0 Å². The first-order valence-electron chi connectivity index (χ1n) is 4.64. The van der Waals surface area contributed by atoms with E-state index in [4.69, 9.17) is 17.0 Å². The van der Waals surface area contributed by atoms with Crippen LogP contribution in [0.5, 0.6) is 0 Å². The number of rotatable bonds is 1. The Morgan fingerprint density at radius 2 is 1.87 bits per heavy atom. The predicted molar refractivity (Wildman–Crippen MR) is 67.2 cm³/mol. The quantitative estimate of drug-likeness (QED) is 0.741. The van der Waals surface area contributed by atoms with E-state index >= 15 is 0 Å². The second-order valence-corrected chi connectivity index (χ2v) is 3.51. The number of hydrogen-bond acceptors (Lipinski definition) is 2. The lowest BCUT2D eigenvalue weighted by atomic mass is 10.1. The van der Waals surface area contributed by atoms with Crippen LogP contribution in [0.15, 0.2) is 42.5 Å². The van der Waals surface area contributed by atoms with Gasteiger partial charge in [-0.05, 0) is 23.7 Å². The molecule has 0 saturated heterocycles. The average Bonchev–Trinajstić information content (AvgIpc) is 2.29. The van der Waals surface area contributed by atoms with E-state index in [2.05, 4.69) is 23.5 Å². The Morgan fingerprint density at radius 1 is 1.13 bits per heavy atom. The van der Waals surface area contributed by atoms with Gasteiger partial charge in [-0.1, -0.05) is 36.4 Å². The van der Waals surface area contributed by atoms with Crippen LogP contribution in [0.1, 0.15) is 0 Å². The molecule has 2 rings (SSSR count). The van der Waals surface area contributed by atoms with Gasteiger partial charge in [-0.15, -0.1) is 0 Å². The van der Waals surface area contributed by atoms with E-state index in [1.807, 2.05) is 24.3 Å². The van der Waals surface area contributed by atoms with Crippen LogP contribution in [0.3, 0.4) is 0 Å². The van der Waals surface area contributed by atoms with E-state index in [1.54, 1.807) is 7.11 Å². The summed E-state index contributed by atoms with van der Waals surface area (Å²) in [7, 11) is 1.56. The number of methoxy groups -OCH3 is 1. The largest absolute Gasteiger partial charge is 0.474 e. The van der Waals surface area contributed by atoms with Gasteiger partial charge in [0.2, 0.25) is 0 Å². The zero-order chi connectivity index (χ0) is 10.7. The molecule has 0 aliphatic heterocycles. The molecule has 3 heteroatoms. The molecule has 0 saturated carbocycles. The van der Waals surface area contributed by atoms with Crippen LogP contribution < -0.4 is 5.32 Å². The summed E-state index contributed by atoms with van der Waals surface area (Å²) in [6.07, 6.45) is 0. The zero-order valence-corrected chi connectivity index (χ0v) is 9.17. The van der Waals surface area contributed by atoms with Crippen molar-refractivity contribution in [2.45, 2.75) is 0 Å². The van der Waals surface area contributed by atoms with Crippen molar-refractivity contribution in [2.24, 2.45) is 0 Å². The topological polar surface area (TPSA) is 21.3 Å². The first-order chi connectivity index (χ1) is 7.31. The Hall–Kier alpha value is -1.61. The highest BCUT2D eigenvalue weighted by molar-refractivity contribution is 7.80. The molecule has 2 aromatic carbocycles. The number of ether oxygens (including phenoxy) is 1. The van der Waals surface area contributed by atoms with E-state index in [1.165, 1.54) is 5.39 Å². The Kier molecular flexibility index (Phi) is 2.83. The normalized spacial score (nSPS) is 9.93. The number of fused-ring (bicyclic) bond motifs is 1. The molecule has 0 aliphatic carbocycles. The highest BCUT2D eigenvalue weighted by Crippen LogP contribution is 2.22. The van der Waals surface area contributed by atoms with Crippen molar-refractivity contribution in [3.8, 4) is 0 Å². The maximum absolute atomic E-state index is 4.97. The summed E-state index contributed by atoms with van der Waals surface area (Å²) >= 11 is 4.97. The lowest BCUT2D eigenvalue weighted by Gasteiger charge is -2.09. The van der Waals surface area contributed by atoms with E-state index in [0.29, 0.717) is 5.17 Å². The molecule has 2 aromatic rings. The van der Waals surface area contributed by atoms with Gasteiger partial charge in [-0.3, -0.25) is 0 Å². The lowest BCUT2D eigenvalue weighted by Crippen LogP contribution is -2.10. The average molecular weight is 217 g/mol. The molecular formula is C12H11NOS. The fourth-order valence-electron chi connectivity index (χ4n) is 1.50. The summed E-state index contributed by atoms with van der Waals surface area (Å²) in [6, 6.07) is 14.2. The van der Waals surface area contributed by atoms with Crippen molar-refractivity contribution in [1.29, 1.82) is 0 Å². The molecule has 0 aliphatic rings. The molecule has 76 valence electrons. The van der Waals surface area contributed by atoms with Gasteiger partial charge in [0, 0.05) is 11.1 Å². The maximum Gasteiger partial charge on any atom is 0.260 e. The summed E-state index contributed by atoms with van der Waals surface area (Å²) in [5, 5.41) is 5.74. The lowest BCUT2D eigenvalue weighted by molar-refractivity contribution is 0.413. The predicted octanol–water partition coefficient (Wildman–Crippen LogP) is 3.18. The van der Waals surface area contributed by atoms with Gasteiger partial charge in [0.25, 0.3) is 5.17 Å². The third-order valence-corrected chi connectivity index (χ3v) is 2.48. The van der Waals surface area contributed by atoms with E-state index in [0.717, 1.165) is 11.1 Å². The Balaban J connectivity index is 2.46. The Labute approximate surface area is 93.9 Å². The molecule has 0 radical (unpaired) electrons. The van der Waals surface area contributed by atoms with Crippen molar-refractivity contribution in [3.63, 3.8) is 0 Å². The first-order valence-corrected chi connectivity index (χ1v) is 5.05. The summed E-state index contributed by atoms with van der Waals surface area (Å²) in [5.74, 6) is 0. The highest BCUT2D eigenvalue weighted by atomic mass is 32.1. The van der Waals surface area contributed by atoms with Gasteiger partial charge >= 0.3 is 0 Å². The van der Waals surface area contributed by atoms with Crippen molar-refractivity contribution in [2.75, 3.05) is 12.4 Å². The second-order valence-electron chi connectivity index (χ2n) is 3.14. The molecular weight excluding hydrogens is 206 g/mol. The van der Waals surface area contributed by atoms with Crippen LogP contribution in [0.2, 0.25) is 0 Å². The monoisotopic (exact) mass is 217 g/mol. The highest BCUT2D eigenvalue weighted by Gasteiger charge is 2.01. The van der Waals surface area contributed by atoms with Crippen LogP contribution >= 0.6 is 12.2 Å². The van der Waals surface area contributed by atoms with Gasteiger partial charge in [0.1, 0.15) is 0 Å². The smallest absolute Gasteiger partial charge is 0.260 e. The van der Waals surface area contributed by atoms with Gasteiger partial charge in [-0.2, -0.15) is 0 Å². The Morgan fingerprint density at radius 3 is 2.67 bits per heavy atom. The molecule has 0 heterocycles. The molecule has 0 amide bonds. The third-order valence-electron chi connectivity index (χ3n) is 2.21. The van der Waals surface area contributed by atoms with Crippen LogP contribution in [-0.2, 0) is 4.74 Å². The molecule has 0 unspecified atom stereocenters. The molecule has 1 N–H and O–H groups in total. The molecule has 0 fully saturated rings. The van der Waals surface area contributed by atoms with Crippen molar-refractivity contribution in [3.05, 3.63) is 42.5 Å². The number of nitrogens with one attached hydrogen (secondary N) is 1. The summed E-state index contributed by atoms with van der Waals surface area (Å²) in [6.45, 7) is 0. The Bertz CT molecular complexity index is 490. The van der Waals surface area contributed by atoms with Crippen molar-refractivity contribution < 1.29 is 4.74 Å². The first kappa shape index (κ1) is 9.93. The molecule has 15 heavy (non-hydrogen) atoms. The number of anilines is 1. The second kappa shape index (κ2) is 4.28. The van der Waals surface area contributed by atoms with Crippen molar-refractivity contribution >= 4 is 33.9 Å². The summed E-state index contributed by atoms with van der Waals surface area (Å²) in [4.78, 5) is 0. The minimum absolute atomic E-state index is 0.381. The summed E-state index contributed by atoms with van der Waals surface area (Å²) < 4.78 is 4.92. The molecule has 0 aromatic heterocycles. The van der Waals surface area contributed by atoms with E-state index in [9.17, 15) is 0 Å². The number of hydrogen-bond donors (Lipinski definition) is 1.